The van der Waals surface area contributed by atoms with Gasteiger partial charge in [-0.25, -0.2) is 4.98 Å². The van der Waals surface area contributed by atoms with Crippen LogP contribution in [0.25, 0.3) is 0 Å². The standard InChI is InChI=1S/C14H23N5O/c1-3-20-11-5-8-18-10-7-15-14(18)17-13(2)12-19-9-4-6-16-19/h4,6-7,9-10,13H,3,5,8,11-12H2,1-2H3,(H,15,17). The fraction of sp³-hybridized carbons (Fsp3) is 0.571. The Morgan fingerprint density at radius 2 is 2.25 bits per heavy atom. The Morgan fingerprint density at radius 1 is 1.35 bits per heavy atom. The molecule has 0 spiro atoms. The van der Waals surface area contributed by atoms with Gasteiger partial charge in [-0.1, -0.05) is 0 Å². The predicted octanol–water partition coefficient (Wildman–Crippen LogP) is 2.01. The van der Waals surface area contributed by atoms with E-state index in [1.807, 2.05) is 36.3 Å². The number of nitrogens with zero attached hydrogens (tertiary/aromatic N) is 4. The molecule has 1 unspecified atom stereocenters. The Balaban J connectivity index is 1.81. The van der Waals surface area contributed by atoms with Gasteiger partial charge in [-0.2, -0.15) is 5.10 Å². The van der Waals surface area contributed by atoms with E-state index in [1.54, 1.807) is 6.20 Å². The van der Waals surface area contributed by atoms with Gasteiger partial charge in [0.1, 0.15) is 0 Å². The maximum Gasteiger partial charge on any atom is 0.203 e. The largest absolute Gasteiger partial charge is 0.382 e. The van der Waals surface area contributed by atoms with E-state index in [1.165, 1.54) is 0 Å². The minimum absolute atomic E-state index is 0.267. The summed E-state index contributed by atoms with van der Waals surface area (Å²) in [6.07, 6.45) is 8.57. The lowest BCUT2D eigenvalue weighted by atomic mass is 10.3. The molecule has 0 saturated heterocycles. The van der Waals surface area contributed by atoms with Crippen molar-refractivity contribution < 1.29 is 4.74 Å². The van der Waals surface area contributed by atoms with Crippen LogP contribution >= 0.6 is 0 Å². The summed E-state index contributed by atoms with van der Waals surface area (Å²) >= 11 is 0. The highest BCUT2D eigenvalue weighted by molar-refractivity contribution is 5.27. The SMILES string of the molecule is CCOCCCn1ccnc1NC(C)Cn1cccn1. The van der Waals surface area contributed by atoms with Gasteiger partial charge in [0.15, 0.2) is 0 Å². The van der Waals surface area contributed by atoms with Gasteiger partial charge in [0, 0.05) is 50.6 Å². The molecule has 0 radical (unpaired) electrons. The molecule has 0 aromatic carbocycles. The number of anilines is 1. The zero-order valence-corrected chi connectivity index (χ0v) is 12.2. The number of imidazole rings is 1. The van der Waals surface area contributed by atoms with E-state index in [0.29, 0.717) is 0 Å². The second-order valence-electron chi connectivity index (χ2n) is 4.77. The topological polar surface area (TPSA) is 56.9 Å². The summed E-state index contributed by atoms with van der Waals surface area (Å²) in [5.41, 5.74) is 0. The number of hydrogen-bond donors (Lipinski definition) is 1. The summed E-state index contributed by atoms with van der Waals surface area (Å²) in [5, 5.41) is 7.63. The molecule has 0 aliphatic rings. The van der Waals surface area contributed by atoms with Gasteiger partial charge in [0.05, 0.1) is 6.54 Å². The lowest BCUT2D eigenvalue weighted by Gasteiger charge is -2.16. The number of aromatic nitrogens is 4. The minimum atomic E-state index is 0.267. The van der Waals surface area contributed by atoms with Crippen LogP contribution in [-0.2, 0) is 17.8 Å². The summed E-state index contributed by atoms with van der Waals surface area (Å²) in [5.74, 6) is 0.904. The van der Waals surface area contributed by atoms with E-state index in [0.717, 1.165) is 38.7 Å². The number of nitrogens with one attached hydrogen (secondary N) is 1. The van der Waals surface area contributed by atoms with Crippen LogP contribution in [0.3, 0.4) is 0 Å². The van der Waals surface area contributed by atoms with Crippen LogP contribution in [0.15, 0.2) is 30.9 Å². The average Bonchev–Trinajstić information content (AvgIpc) is 3.07. The zero-order chi connectivity index (χ0) is 14.2. The van der Waals surface area contributed by atoms with Gasteiger partial charge in [0.25, 0.3) is 0 Å². The molecule has 2 heterocycles. The second kappa shape index (κ2) is 7.69. The Kier molecular flexibility index (Phi) is 5.61. The van der Waals surface area contributed by atoms with Crippen LogP contribution in [0.1, 0.15) is 20.3 Å². The Labute approximate surface area is 119 Å². The van der Waals surface area contributed by atoms with Gasteiger partial charge >= 0.3 is 0 Å². The molecule has 20 heavy (non-hydrogen) atoms. The quantitative estimate of drug-likeness (QED) is 0.712. The van der Waals surface area contributed by atoms with Crippen molar-refractivity contribution in [3.05, 3.63) is 30.9 Å². The van der Waals surface area contributed by atoms with Crippen molar-refractivity contribution in [1.82, 2.24) is 19.3 Å². The molecule has 1 N–H and O–H groups in total. The third-order valence-corrected chi connectivity index (χ3v) is 3.00. The highest BCUT2D eigenvalue weighted by Gasteiger charge is 2.07. The minimum Gasteiger partial charge on any atom is -0.382 e. The molecule has 1 atom stereocenters. The van der Waals surface area contributed by atoms with Crippen molar-refractivity contribution in [2.75, 3.05) is 18.5 Å². The summed E-state index contributed by atoms with van der Waals surface area (Å²) in [6.45, 7) is 7.44. The number of rotatable bonds is 9. The molecule has 110 valence electrons. The summed E-state index contributed by atoms with van der Waals surface area (Å²) in [7, 11) is 0. The average molecular weight is 277 g/mol. The summed E-state index contributed by atoms with van der Waals surface area (Å²) in [6, 6.07) is 2.20. The first-order valence-corrected chi connectivity index (χ1v) is 7.12. The molecule has 2 aromatic rings. The molecule has 0 bridgehead atoms. The zero-order valence-electron chi connectivity index (χ0n) is 12.2. The monoisotopic (exact) mass is 277 g/mol. The maximum absolute atomic E-state index is 5.36. The first-order valence-electron chi connectivity index (χ1n) is 7.12. The molecule has 0 saturated carbocycles. The van der Waals surface area contributed by atoms with E-state index in [9.17, 15) is 0 Å². The fourth-order valence-corrected chi connectivity index (χ4v) is 2.07. The van der Waals surface area contributed by atoms with Crippen molar-refractivity contribution in [2.24, 2.45) is 0 Å². The van der Waals surface area contributed by atoms with Gasteiger partial charge in [-0.05, 0) is 26.3 Å². The van der Waals surface area contributed by atoms with Crippen molar-refractivity contribution in [3.8, 4) is 0 Å². The molecule has 6 nitrogen and oxygen atoms in total. The number of hydrogen-bond acceptors (Lipinski definition) is 4. The number of ether oxygens (including phenoxy) is 1. The predicted molar refractivity (Wildman–Crippen MR) is 78.6 cm³/mol. The van der Waals surface area contributed by atoms with E-state index in [-0.39, 0.29) is 6.04 Å². The van der Waals surface area contributed by atoms with Crippen LogP contribution < -0.4 is 5.32 Å². The molecular formula is C14H23N5O. The van der Waals surface area contributed by atoms with Crippen molar-refractivity contribution in [1.29, 1.82) is 0 Å². The number of aryl methyl sites for hydroxylation is 1. The Bertz CT molecular complexity index is 479. The van der Waals surface area contributed by atoms with Gasteiger partial charge < -0.3 is 14.6 Å². The maximum atomic E-state index is 5.36. The summed E-state index contributed by atoms with van der Waals surface area (Å²) in [4.78, 5) is 4.37. The van der Waals surface area contributed by atoms with Crippen LogP contribution in [0.2, 0.25) is 0 Å². The normalized spacial score (nSPS) is 12.5. The highest BCUT2D eigenvalue weighted by atomic mass is 16.5. The summed E-state index contributed by atoms with van der Waals surface area (Å²) < 4.78 is 9.40. The second-order valence-corrected chi connectivity index (χ2v) is 4.77. The smallest absolute Gasteiger partial charge is 0.203 e. The van der Waals surface area contributed by atoms with Crippen molar-refractivity contribution >= 4 is 5.95 Å². The molecular weight excluding hydrogens is 254 g/mol. The molecule has 6 heteroatoms. The third-order valence-electron chi connectivity index (χ3n) is 3.00. The lowest BCUT2D eigenvalue weighted by Crippen LogP contribution is -2.24. The molecule has 2 aromatic heterocycles. The van der Waals surface area contributed by atoms with E-state index < -0.39 is 0 Å². The molecule has 2 rings (SSSR count). The van der Waals surface area contributed by atoms with Crippen LogP contribution in [0.5, 0.6) is 0 Å². The van der Waals surface area contributed by atoms with Crippen LogP contribution in [-0.4, -0.2) is 38.6 Å². The van der Waals surface area contributed by atoms with Gasteiger partial charge in [0.2, 0.25) is 5.95 Å². The Hall–Kier alpha value is -1.82. The fourth-order valence-electron chi connectivity index (χ4n) is 2.07. The van der Waals surface area contributed by atoms with Crippen molar-refractivity contribution in [2.45, 2.75) is 39.4 Å². The molecule has 0 aliphatic heterocycles. The lowest BCUT2D eigenvalue weighted by molar-refractivity contribution is 0.142. The molecule has 0 fully saturated rings. The van der Waals surface area contributed by atoms with Crippen LogP contribution in [0.4, 0.5) is 5.95 Å². The van der Waals surface area contributed by atoms with E-state index in [2.05, 4.69) is 26.9 Å². The first kappa shape index (κ1) is 14.6. The van der Waals surface area contributed by atoms with Gasteiger partial charge in [-0.15, -0.1) is 0 Å². The van der Waals surface area contributed by atoms with Crippen LogP contribution in [0, 0.1) is 0 Å². The molecule has 0 amide bonds. The van der Waals surface area contributed by atoms with Crippen molar-refractivity contribution in [3.63, 3.8) is 0 Å². The van der Waals surface area contributed by atoms with E-state index >= 15 is 0 Å². The van der Waals surface area contributed by atoms with E-state index in [4.69, 9.17) is 4.74 Å². The highest BCUT2D eigenvalue weighted by Crippen LogP contribution is 2.08. The molecule has 0 aliphatic carbocycles. The Morgan fingerprint density at radius 3 is 3.00 bits per heavy atom. The van der Waals surface area contributed by atoms with Gasteiger partial charge in [-0.3, -0.25) is 4.68 Å². The third kappa shape index (κ3) is 4.38. The first-order chi connectivity index (χ1) is 9.79.